The van der Waals surface area contributed by atoms with Crippen LogP contribution in [0.1, 0.15) is 36.9 Å². The van der Waals surface area contributed by atoms with Gasteiger partial charge in [-0.15, -0.1) is 0 Å². The zero-order valence-electron chi connectivity index (χ0n) is 16.2. The maximum Gasteiger partial charge on any atom is 0.267 e. The second-order valence-corrected chi connectivity index (χ2v) is 8.22. The normalized spacial score (nSPS) is 22.4. The molecular weight excluding hydrogens is 342 g/mol. The van der Waals surface area contributed by atoms with Crippen LogP contribution in [0.5, 0.6) is 0 Å². The van der Waals surface area contributed by atoms with Gasteiger partial charge >= 0.3 is 0 Å². The molecule has 3 heterocycles. The third-order valence-electron chi connectivity index (χ3n) is 6.30. The van der Waals surface area contributed by atoms with Crippen LogP contribution in [0.4, 0.5) is 0 Å². The first-order valence-corrected chi connectivity index (χ1v) is 10.5. The minimum atomic E-state index is 0.0717. The van der Waals surface area contributed by atoms with Crippen molar-refractivity contribution in [2.75, 3.05) is 45.8 Å². The molecule has 4 rings (SSSR count). The molecule has 3 aliphatic rings. The van der Waals surface area contributed by atoms with Gasteiger partial charge in [-0.05, 0) is 56.7 Å². The van der Waals surface area contributed by atoms with Crippen molar-refractivity contribution in [1.29, 1.82) is 0 Å². The smallest absolute Gasteiger partial charge is 0.267 e. The number of piperidine rings is 1. The van der Waals surface area contributed by atoms with E-state index in [9.17, 15) is 9.59 Å². The minimum absolute atomic E-state index is 0.0717. The van der Waals surface area contributed by atoms with Crippen LogP contribution in [0.25, 0.3) is 0 Å². The zero-order chi connectivity index (χ0) is 18.6. The monoisotopic (exact) mass is 373 g/mol. The fourth-order valence-corrected chi connectivity index (χ4v) is 4.53. The van der Waals surface area contributed by atoms with Crippen LogP contribution < -0.4 is 10.9 Å². The van der Waals surface area contributed by atoms with E-state index in [1.54, 1.807) is 4.68 Å². The molecule has 148 valence electrons. The van der Waals surface area contributed by atoms with Crippen LogP contribution in [0.3, 0.4) is 0 Å². The molecule has 1 aromatic heterocycles. The summed E-state index contributed by atoms with van der Waals surface area (Å²) in [7, 11) is 0. The van der Waals surface area contributed by atoms with E-state index >= 15 is 0 Å². The van der Waals surface area contributed by atoms with E-state index in [-0.39, 0.29) is 11.5 Å². The highest BCUT2D eigenvalue weighted by molar-refractivity contribution is 5.76. The molecule has 7 nitrogen and oxygen atoms in total. The van der Waals surface area contributed by atoms with E-state index in [4.69, 9.17) is 0 Å². The van der Waals surface area contributed by atoms with Crippen LogP contribution in [0.2, 0.25) is 0 Å². The van der Waals surface area contributed by atoms with Crippen molar-refractivity contribution in [2.24, 2.45) is 5.92 Å². The van der Waals surface area contributed by atoms with Crippen molar-refractivity contribution in [3.05, 3.63) is 27.7 Å². The number of carbonyl (C=O) groups excluding carboxylic acids is 1. The molecule has 2 aliphatic heterocycles. The predicted octanol–water partition coefficient (Wildman–Crippen LogP) is 0.266. The fraction of sp³-hybridized carbons (Fsp3) is 0.750. The Morgan fingerprint density at radius 1 is 1.00 bits per heavy atom. The van der Waals surface area contributed by atoms with E-state index in [1.807, 2.05) is 6.07 Å². The number of nitrogens with one attached hydrogen (secondary N) is 1. The summed E-state index contributed by atoms with van der Waals surface area (Å²) in [5, 5.41) is 7.56. The third kappa shape index (κ3) is 4.76. The van der Waals surface area contributed by atoms with Crippen molar-refractivity contribution in [3.8, 4) is 0 Å². The Balaban J connectivity index is 1.22. The van der Waals surface area contributed by atoms with Crippen LogP contribution in [-0.2, 0) is 24.2 Å². The molecule has 2 saturated heterocycles. The number of likely N-dealkylation sites (tertiary alicyclic amines) is 1. The summed E-state index contributed by atoms with van der Waals surface area (Å²) in [5.41, 5.74) is 2.37. The number of amides is 1. The molecule has 7 heteroatoms. The van der Waals surface area contributed by atoms with Crippen molar-refractivity contribution in [1.82, 2.24) is 24.9 Å². The lowest BCUT2D eigenvalue weighted by atomic mass is 9.97. The topological polar surface area (TPSA) is 70.5 Å². The van der Waals surface area contributed by atoms with Gasteiger partial charge in [-0.3, -0.25) is 14.5 Å². The molecule has 0 bridgehead atoms. The largest absolute Gasteiger partial charge is 0.355 e. The molecule has 27 heavy (non-hydrogen) atoms. The molecule has 1 aliphatic carbocycles. The number of nitrogens with zero attached hydrogens (tertiary/aromatic N) is 4. The van der Waals surface area contributed by atoms with E-state index in [2.05, 4.69) is 20.2 Å². The molecule has 1 amide bonds. The summed E-state index contributed by atoms with van der Waals surface area (Å²) in [6, 6.07) is 1.81. The number of aromatic nitrogens is 2. The van der Waals surface area contributed by atoms with Crippen molar-refractivity contribution < 1.29 is 4.79 Å². The summed E-state index contributed by atoms with van der Waals surface area (Å²) >= 11 is 0. The molecule has 1 aromatic rings. The SMILES string of the molecule is O=C1CCN(CCN2CCC(Cn3nc4c(cc3=O)CCC4)CC2)CCN1. The van der Waals surface area contributed by atoms with Crippen molar-refractivity contribution >= 4 is 5.91 Å². The summed E-state index contributed by atoms with van der Waals surface area (Å²) in [6.45, 7) is 7.64. The predicted molar refractivity (Wildman–Crippen MR) is 104 cm³/mol. The second-order valence-electron chi connectivity index (χ2n) is 8.22. The lowest BCUT2D eigenvalue weighted by Gasteiger charge is -2.33. The van der Waals surface area contributed by atoms with Gasteiger partial charge in [0.25, 0.3) is 5.56 Å². The van der Waals surface area contributed by atoms with Gasteiger partial charge < -0.3 is 10.2 Å². The standard InChI is InChI=1S/C20H31N5O2/c26-19-6-10-24(11-7-21-19)13-12-23-8-4-16(5-9-23)15-25-20(27)14-17-2-1-3-18(17)22-25/h14,16H,1-13,15H2,(H,21,26). The van der Waals surface area contributed by atoms with Crippen molar-refractivity contribution in [2.45, 2.75) is 45.1 Å². The first kappa shape index (κ1) is 18.6. The van der Waals surface area contributed by atoms with E-state index in [0.717, 1.165) is 95.7 Å². The Hall–Kier alpha value is -1.73. The van der Waals surface area contributed by atoms with E-state index < -0.39 is 0 Å². The Morgan fingerprint density at radius 3 is 2.59 bits per heavy atom. The van der Waals surface area contributed by atoms with Gasteiger partial charge in [0.05, 0.1) is 5.69 Å². The molecule has 0 aromatic carbocycles. The molecule has 2 fully saturated rings. The lowest BCUT2D eigenvalue weighted by Crippen LogP contribution is -2.41. The Morgan fingerprint density at radius 2 is 1.78 bits per heavy atom. The first-order valence-electron chi connectivity index (χ1n) is 10.5. The molecule has 0 spiro atoms. The molecule has 0 atom stereocenters. The van der Waals surface area contributed by atoms with Crippen LogP contribution >= 0.6 is 0 Å². The van der Waals surface area contributed by atoms with Gasteiger partial charge in [0, 0.05) is 51.8 Å². The summed E-state index contributed by atoms with van der Waals surface area (Å²) in [6.07, 6.45) is 6.04. The Bertz CT molecular complexity index is 724. The minimum Gasteiger partial charge on any atom is -0.355 e. The highest BCUT2D eigenvalue weighted by Gasteiger charge is 2.22. The van der Waals surface area contributed by atoms with Gasteiger partial charge in [0.15, 0.2) is 0 Å². The Kier molecular flexibility index (Phi) is 5.88. The molecule has 0 saturated carbocycles. The lowest BCUT2D eigenvalue weighted by molar-refractivity contribution is -0.120. The number of hydrogen-bond donors (Lipinski definition) is 1. The summed E-state index contributed by atoms with van der Waals surface area (Å²) < 4.78 is 1.71. The molecule has 1 N–H and O–H groups in total. The quantitative estimate of drug-likeness (QED) is 0.802. The van der Waals surface area contributed by atoms with Crippen LogP contribution in [0.15, 0.2) is 10.9 Å². The number of aryl methyl sites for hydroxylation is 2. The maximum absolute atomic E-state index is 12.3. The number of hydrogen-bond acceptors (Lipinski definition) is 5. The first-order chi connectivity index (χ1) is 13.2. The van der Waals surface area contributed by atoms with Gasteiger partial charge in [0.1, 0.15) is 0 Å². The van der Waals surface area contributed by atoms with Crippen LogP contribution in [0, 0.1) is 5.92 Å². The highest BCUT2D eigenvalue weighted by atomic mass is 16.1. The molecule has 0 radical (unpaired) electrons. The zero-order valence-corrected chi connectivity index (χ0v) is 16.2. The van der Waals surface area contributed by atoms with Gasteiger partial charge in [-0.25, -0.2) is 4.68 Å². The van der Waals surface area contributed by atoms with Gasteiger partial charge in [-0.2, -0.15) is 5.10 Å². The van der Waals surface area contributed by atoms with Crippen LogP contribution in [-0.4, -0.2) is 71.3 Å². The number of rotatable bonds is 5. The summed E-state index contributed by atoms with van der Waals surface area (Å²) in [5.74, 6) is 0.722. The Labute approximate surface area is 160 Å². The molecular formula is C20H31N5O2. The highest BCUT2D eigenvalue weighted by Crippen LogP contribution is 2.20. The second kappa shape index (κ2) is 8.52. The molecule has 0 unspecified atom stereocenters. The fourth-order valence-electron chi connectivity index (χ4n) is 4.53. The third-order valence-corrected chi connectivity index (χ3v) is 6.30. The number of fused-ring (bicyclic) bond motifs is 1. The maximum atomic E-state index is 12.3. The van der Waals surface area contributed by atoms with E-state index in [0.29, 0.717) is 12.3 Å². The average molecular weight is 374 g/mol. The average Bonchev–Trinajstić information content (AvgIpc) is 3.01. The van der Waals surface area contributed by atoms with Gasteiger partial charge in [0.2, 0.25) is 5.91 Å². The van der Waals surface area contributed by atoms with Gasteiger partial charge in [-0.1, -0.05) is 0 Å². The van der Waals surface area contributed by atoms with E-state index in [1.165, 1.54) is 0 Å². The van der Waals surface area contributed by atoms with Crippen molar-refractivity contribution in [3.63, 3.8) is 0 Å². The number of carbonyl (C=O) groups is 1. The summed E-state index contributed by atoms with van der Waals surface area (Å²) in [4.78, 5) is 28.6.